The summed E-state index contributed by atoms with van der Waals surface area (Å²) in [5.41, 5.74) is 0. The molecule has 0 fully saturated rings. The van der Waals surface area contributed by atoms with Gasteiger partial charge in [0.25, 0.3) is 0 Å². The molecule has 5 heavy (non-hydrogen) atoms. The topological polar surface area (TPSA) is 20.3 Å². The molecule has 28 valence electrons. The van der Waals surface area contributed by atoms with Gasteiger partial charge in [-0.05, 0) is 0 Å². The van der Waals surface area contributed by atoms with Crippen LogP contribution in [-0.4, -0.2) is 26.2 Å². The van der Waals surface area contributed by atoms with Crippen molar-refractivity contribution in [3.8, 4) is 0 Å². The maximum absolute atomic E-state index is 9.43. The van der Waals surface area contributed by atoms with Crippen molar-refractivity contribution < 1.29 is 4.70 Å². The number of hydrogen-bond donors (Lipinski definition) is 0. The zero-order valence-electron chi connectivity index (χ0n) is 3.43. The fraction of sp³-hybridized carbons (Fsp3) is 1.00. The summed E-state index contributed by atoms with van der Waals surface area (Å²) in [6.07, 6.45) is 0. The molecular formula is C2H6BNO. The predicted molar refractivity (Wildman–Crippen MR) is 20.1 cm³/mol. The van der Waals surface area contributed by atoms with Gasteiger partial charge in [0, 0.05) is 0 Å². The van der Waals surface area contributed by atoms with Gasteiger partial charge in [-0.2, -0.15) is 0 Å². The van der Waals surface area contributed by atoms with Crippen LogP contribution in [0.3, 0.4) is 0 Å². The second-order valence-electron chi connectivity index (χ2n) is 1.07. The van der Waals surface area contributed by atoms with Crippen LogP contribution in [0.1, 0.15) is 0 Å². The molecule has 0 radical (unpaired) electrons. The molecule has 2 nitrogen and oxygen atoms in total. The third-order valence-corrected chi connectivity index (χ3v) is 0.211. The van der Waals surface area contributed by atoms with E-state index in [1.807, 2.05) is 0 Å². The summed E-state index contributed by atoms with van der Waals surface area (Å²) in [5.74, 6) is 0. The second kappa shape index (κ2) is 1.94. The van der Waals surface area contributed by atoms with Crippen LogP contribution in [-0.2, 0) is 4.70 Å². The first-order valence-electron chi connectivity index (χ1n) is 1.39. The van der Waals surface area contributed by atoms with E-state index >= 15 is 0 Å². The molecule has 0 aliphatic heterocycles. The average Bonchev–Trinajstić information content (AvgIpc) is 1.38. The van der Waals surface area contributed by atoms with Gasteiger partial charge in [-0.1, -0.05) is 0 Å². The summed E-state index contributed by atoms with van der Waals surface area (Å²) in [5, 5.41) is 0. The summed E-state index contributed by atoms with van der Waals surface area (Å²) in [6.45, 7) is 0. The van der Waals surface area contributed by atoms with Crippen molar-refractivity contribution in [2.45, 2.75) is 0 Å². The molecule has 0 saturated carbocycles. The Morgan fingerprint density at radius 2 is 1.80 bits per heavy atom. The van der Waals surface area contributed by atoms with Gasteiger partial charge in [-0.15, -0.1) is 0 Å². The predicted octanol–water partition coefficient (Wildman–Crippen LogP) is -0.487. The first-order valence-corrected chi connectivity index (χ1v) is 1.39. The molecule has 0 amide bonds. The molecule has 3 heteroatoms. The van der Waals surface area contributed by atoms with E-state index in [9.17, 15) is 4.70 Å². The van der Waals surface area contributed by atoms with Crippen LogP contribution in [0.2, 0.25) is 0 Å². The Morgan fingerprint density at radius 1 is 1.60 bits per heavy atom. The summed E-state index contributed by atoms with van der Waals surface area (Å²) in [7, 11) is 4.12. The van der Waals surface area contributed by atoms with Crippen LogP contribution in [0.4, 0.5) is 0 Å². The fourth-order valence-electron chi connectivity index (χ4n) is 0. The first-order chi connectivity index (χ1) is 2.27. The van der Waals surface area contributed by atoms with Gasteiger partial charge in [0.1, 0.15) is 0 Å². The van der Waals surface area contributed by atoms with Crippen molar-refractivity contribution >= 4 is 7.28 Å². The van der Waals surface area contributed by atoms with Gasteiger partial charge in [0.2, 0.25) is 0 Å². The van der Waals surface area contributed by atoms with E-state index in [0.29, 0.717) is 0 Å². The van der Waals surface area contributed by atoms with Crippen LogP contribution < -0.4 is 0 Å². The van der Waals surface area contributed by atoms with Gasteiger partial charge in [-0.3, -0.25) is 0 Å². The van der Waals surface area contributed by atoms with E-state index in [4.69, 9.17) is 0 Å². The molecule has 0 aliphatic carbocycles. The molecule has 0 spiro atoms. The standard InChI is InChI=1S/C2H6BNO/c1-4(2)3-5/h1-2H3. The van der Waals surface area contributed by atoms with Crippen LogP contribution >= 0.6 is 0 Å². The molecule has 0 unspecified atom stereocenters. The average molecular weight is 70.9 g/mol. The molecule has 0 aromatic carbocycles. The van der Waals surface area contributed by atoms with Crippen molar-refractivity contribution in [2.75, 3.05) is 14.1 Å². The minimum atomic E-state index is 0.750. The molecule has 0 aromatic rings. The summed E-state index contributed by atoms with van der Waals surface area (Å²) >= 11 is 0. The molecule has 0 rings (SSSR count). The first kappa shape index (κ1) is 4.66. The van der Waals surface area contributed by atoms with Gasteiger partial charge in [0.15, 0.2) is 0 Å². The maximum atomic E-state index is 9.43. The van der Waals surface area contributed by atoms with Crippen molar-refractivity contribution in [1.82, 2.24) is 4.81 Å². The van der Waals surface area contributed by atoms with Crippen molar-refractivity contribution in [3.63, 3.8) is 0 Å². The number of hydrogen-bond acceptors (Lipinski definition) is 1. The van der Waals surface area contributed by atoms with Gasteiger partial charge in [-0.25, -0.2) is 0 Å². The molecule has 0 bridgehead atoms. The second-order valence-corrected chi connectivity index (χ2v) is 1.07. The van der Waals surface area contributed by atoms with Crippen LogP contribution in [0, 0.1) is 0 Å². The Balaban J connectivity index is 2.83. The zero-order chi connectivity index (χ0) is 4.28. The number of rotatable bonds is 1. The quantitative estimate of drug-likeness (QED) is 0.389. The monoisotopic (exact) mass is 71.1 g/mol. The van der Waals surface area contributed by atoms with E-state index in [1.165, 1.54) is 4.81 Å². The van der Waals surface area contributed by atoms with Gasteiger partial charge in [0.05, 0.1) is 0 Å². The van der Waals surface area contributed by atoms with Gasteiger partial charge < -0.3 is 0 Å². The molecule has 0 saturated heterocycles. The summed E-state index contributed by atoms with van der Waals surface area (Å²) < 4.78 is 9.43. The molecule has 0 aliphatic rings. The van der Waals surface area contributed by atoms with Crippen molar-refractivity contribution in [1.29, 1.82) is 0 Å². The van der Waals surface area contributed by atoms with E-state index < -0.39 is 0 Å². The van der Waals surface area contributed by atoms with E-state index in [0.717, 1.165) is 7.28 Å². The summed E-state index contributed by atoms with van der Waals surface area (Å²) in [4.78, 5) is 1.44. The molecule has 0 N–H and O–H groups in total. The van der Waals surface area contributed by atoms with Crippen LogP contribution in [0.25, 0.3) is 0 Å². The zero-order valence-corrected chi connectivity index (χ0v) is 3.43. The van der Waals surface area contributed by atoms with Crippen LogP contribution in [0.5, 0.6) is 0 Å². The van der Waals surface area contributed by atoms with Crippen LogP contribution in [0.15, 0.2) is 0 Å². The van der Waals surface area contributed by atoms with E-state index in [1.54, 1.807) is 14.1 Å². The normalized spacial score (nSPS) is 6.00. The Labute approximate surface area is 32.1 Å². The molecule has 0 heterocycles. The Hall–Kier alpha value is -0.335. The SMILES string of the molecule is CN(C)B=O. The molecule has 0 aromatic heterocycles. The summed E-state index contributed by atoms with van der Waals surface area (Å²) in [6, 6.07) is 0. The van der Waals surface area contributed by atoms with E-state index in [-0.39, 0.29) is 0 Å². The molecular weight excluding hydrogens is 64.8 g/mol. The fourth-order valence-corrected chi connectivity index (χ4v) is 0. The third-order valence-electron chi connectivity index (χ3n) is 0.211. The van der Waals surface area contributed by atoms with Gasteiger partial charge >= 0.3 is 30.9 Å². The Kier molecular flexibility index (Phi) is 1.81. The number of nitrogens with zero attached hydrogens (tertiary/aromatic N) is 1. The van der Waals surface area contributed by atoms with Crippen molar-refractivity contribution in [3.05, 3.63) is 0 Å². The minimum absolute atomic E-state index is 0.750. The van der Waals surface area contributed by atoms with E-state index in [2.05, 4.69) is 0 Å². The Bertz CT molecular complexity index is 36.6. The molecule has 0 atom stereocenters. The third kappa shape index (κ3) is 3.66. The van der Waals surface area contributed by atoms with Crippen molar-refractivity contribution in [2.24, 2.45) is 0 Å². The Morgan fingerprint density at radius 3 is 1.80 bits per heavy atom.